The lowest BCUT2D eigenvalue weighted by molar-refractivity contribution is 0.112. The molecule has 0 atom stereocenters. The molecule has 0 aliphatic carbocycles. The number of hydrogen-bond donors (Lipinski definition) is 0. The van der Waals surface area contributed by atoms with E-state index in [0.717, 1.165) is 16.7 Å². The van der Waals surface area contributed by atoms with Crippen LogP contribution >= 0.6 is 11.3 Å². The van der Waals surface area contributed by atoms with Gasteiger partial charge in [0.25, 0.3) is 0 Å². The molecule has 0 fully saturated rings. The fourth-order valence-electron chi connectivity index (χ4n) is 1.71. The van der Waals surface area contributed by atoms with Crippen molar-refractivity contribution >= 4 is 26.7 Å². The first-order chi connectivity index (χ1) is 7.36. The quantitative estimate of drug-likeness (QED) is 0.610. The van der Waals surface area contributed by atoms with Crippen LogP contribution in [0.25, 0.3) is 0 Å². The molecule has 0 saturated carbocycles. The van der Waals surface area contributed by atoms with Gasteiger partial charge < -0.3 is 4.43 Å². The second-order valence-corrected chi connectivity index (χ2v) is 8.57. The van der Waals surface area contributed by atoms with E-state index in [1.54, 1.807) is 0 Å². The predicted octanol–water partition coefficient (Wildman–Crippen LogP) is 3.36. The van der Waals surface area contributed by atoms with Crippen molar-refractivity contribution in [2.75, 3.05) is 0 Å². The van der Waals surface area contributed by atoms with Crippen LogP contribution in [0.15, 0.2) is 5.38 Å². The van der Waals surface area contributed by atoms with Crippen molar-refractivity contribution in [1.29, 1.82) is 0 Å². The molecule has 0 radical (unpaired) electrons. The van der Waals surface area contributed by atoms with E-state index in [2.05, 4.69) is 39.2 Å². The predicted molar refractivity (Wildman–Crippen MR) is 72.1 cm³/mol. The van der Waals surface area contributed by atoms with Gasteiger partial charge in [-0.1, -0.05) is 20.8 Å². The van der Waals surface area contributed by atoms with Gasteiger partial charge in [-0.05, 0) is 35.0 Å². The van der Waals surface area contributed by atoms with E-state index in [-0.39, 0.29) is 5.41 Å². The zero-order valence-corrected chi connectivity index (χ0v) is 12.6. The Hall–Kier alpha value is -0.453. The highest BCUT2D eigenvalue weighted by atomic mass is 32.1. The normalized spacial score (nSPS) is 12.1. The topological polar surface area (TPSA) is 26.3 Å². The van der Waals surface area contributed by atoms with Crippen molar-refractivity contribution in [2.24, 2.45) is 0 Å². The van der Waals surface area contributed by atoms with E-state index in [1.165, 1.54) is 16.9 Å². The smallest absolute Gasteiger partial charge is 0.171 e. The van der Waals surface area contributed by atoms with E-state index < -0.39 is 9.04 Å². The van der Waals surface area contributed by atoms with Crippen LogP contribution in [0.2, 0.25) is 13.1 Å². The highest BCUT2D eigenvalue weighted by molar-refractivity contribution is 7.12. The molecule has 0 aliphatic heterocycles. The van der Waals surface area contributed by atoms with Crippen LogP contribution in [-0.2, 0) is 16.4 Å². The van der Waals surface area contributed by atoms with Crippen molar-refractivity contribution in [1.82, 2.24) is 0 Å². The van der Waals surface area contributed by atoms with Crippen molar-refractivity contribution in [3.8, 4) is 0 Å². The lowest BCUT2D eigenvalue weighted by Gasteiger charge is -2.21. The molecule has 1 aromatic heterocycles. The summed E-state index contributed by atoms with van der Waals surface area (Å²) in [6, 6.07) is 0. The minimum absolute atomic E-state index is 0.00741. The van der Waals surface area contributed by atoms with Gasteiger partial charge in [0.2, 0.25) is 0 Å². The van der Waals surface area contributed by atoms with Gasteiger partial charge in [-0.15, -0.1) is 11.3 Å². The second kappa shape index (κ2) is 5.25. The molecule has 1 aromatic rings. The van der Waals surface area contributed by atoms with E-state index in [0.29, 0.717) is 6.61 Å². The van der Waals surface area contributed by atoms with Gasteiger partial charge in [0.05, 0.1) is 11.5 Å². The highest BCUT2D eigenvalue weighted by Gasteiger charge is 2.23. The largest absolute Gasteiger partial charge is 0.416 e. The average Bonchev–Trinajstić information content (AvgIpc) is 2.56. The van der Waals surface area contributed by atoms with Gasteiger partial charge in [-0.3, -0.25) is 4.79 Å². The summed E-state index contributed by atoms with van der Waals surface area (Å²) in [6.07, 6.45) is 0.960. The molecule has 0 unspecified atom stereocenters. The van der Waals surface area contributed by atoms with Crippen LogP contribution in [0.3, 0.4) is 0 Å². The lowest BCUT2D eigenvalue weighted by Crippen LogP contribution is -2.16. The number of carbonyl (C=O) groups is 1. The Morgan fingerprint density at radius 2 is 2.06 bits per heavy atom. The molecule has 1 heterocycles. The molecule has 0 amide bonds. The molecule has 0 spiro atoms. The van der Waals surface area contributed by atoms with Crippen molar-refractivity contribution in [3.05, 3.63) is 21.4 Å². The molecule has 4 heteroatoms. The first kappa shape index (κ1) is 13.6. The Kier molecular flexibility index (Phi) is 4.47. The second-order valence-electron chi connectivity index (χ2n) is 5.23. The van der Waals surface area contributed by atoms with E-state index in [1.807, 2.05) is 0 Å². The number of aldehydes is 1. The molecule has 2 nitrogen and oxygen atoms in total. The van der Waals surface area contributed by atoms with E-state index >= 15 is 0 Å². The minimum Gasteiger partial charge on any atom is -0.416 e. The third kappa shape index (κ3) is 3.27. The Morgan fingerprint density at radius 1 is 1.44 bits per heavy atom. The molecule has 0 aromatic carbocycles. The molecule has 16 heavy (non-hydrogen) atoms. The molecule has 0 N–H and O–H groups in total. The van der Waals surface area contributed by atoms with Crippen molar-refractivity contribution < 1.29 is 9.22 Å². The zero-order valence-electron chi connectivity index (χ0n) is 10.7. The SMILES string of the molecule is C[SiH](C)OCc1csc(C=O)c1C(C)(C)C. The van der Waals surface area contributed by atoms with Crippen LogP contribution in [0.4, 0.5) is 0 Å². The van der Waals surface area contributed by atoms with Crippen LogP contribution in [-0.4, -0.2) is 15.3 Å². The summed E-state index contributed by atoms with van der Waals surface area (Å²) in [5.74, 6) is 0. The Labute approximate surface area is 103 Å². The van der Waals surface area contributed by atoms with Gasteiger partial charge in [0, 0.05) is 0 Å². The summed E-state index contributed by atoms with van der Waals surface area (Å²) in [6.45, 7) is 11.4. The van der Waals surface area contributed by atoms with Gasteiger partial charge >= 0.3 is 0 Å². The van der Waals surface area contributed by atoms with E-state index in [4.69, 9.17) is 4.43 Å². The Bertz CT molecular complexity index is 364. The fraction of sp³-hybridized carbons (Fsp3) is 0.583. The molecular weight excluding hydrogens is 236 g/mol. The minimum atomic E-state index is -0.998. The highest BCUT2D eigenvalue weighted by Crippen LogP contribution is 2.33. The zero-order chi connectivity index (χ0) is 12.3. The summed E-state index contributed by atoms with van der Waals surface area (Å²) < 4.78 is 5.75. The maximum absolute atomic E-state index is 11.0. The Balaban J connectivity index is 3.01. The average molecular weight is 256 g/mol. The van der Waals surface area contributed by atoms with Crippen molar-refractivity contribution in [3.63, 3.8) is 0 Å². The number of carbonyl (C=O) groups excluding carboxylic acids is 1. The van der Waals surface area contributed by atoms with Gasteiger partial charge in [-0.25, -0.2) is 0 Å². The summed E-state index contributed by atoms with van der Waals surface area (Å²) in [4.78, 5) is 11.8. The van der Waals surface area contributed by atoms with Gasteiger partial charge in [0.15, 0.2) is 15.3 Å². The molecule has 0 aliphatic rings. The maximum Gasteiger partial charge on any atom is 0.171 e. The van der Waals surface area contributed by atoms with Gasteiger partial charge in [0.1, 0.15) is 0 Å². The van der Waals surface area contributed by atoms with Crippen LogP contribution in [0, 0.1) is 0 Å². The van der Waals surface area contributed by atoms with Crippen molar-refractivity contribution in [2.45, 2.75) is 45.9 Å². The number of thiophene rings is 1. The molecule has 0 bridgehead atoms. The number of rotatable bonds is 4. The van der Waals surface area contributed by atoms with Gasteiger partial charge in [-0.2, -0.15) is 0 Å². The summed E-state index contributed by atoms with van der Waals surface area (Å²) in [7, 11) is -0.998. The Morgan fingerprint density at radius 3 is 2.50 bits per heavy atom. The summed E-state index contributed by atoms with van der Waals surface area (Å²) >= 11 is 1.52. The van der Waals surface area contributed by atoms with Crippen LogP contribution < -0.4 is 0 Å². The first-order valence-electron chi connectivity index (χ1n) is 5.54. The third-order valence-corrected chi connectivity index (χ3v) is 4.11. The molecular formula is C12H20O2SSi. The number of hydrogen-bond acceptors (Lipinski definition) is 3. The standard InChI is InChI=1S/C12H20O2SSi/c1-12(2,3)11-9(7-14-16(4)5)8-15-10(11)6-13/h6,8,16H,7H2,1-5H3. The molecule has 90 valence electrons. The third-order valence-electron chi connectivity index (χ3n) is 2.32. The first-order valence-corrected chi connectivity index (χ1v) is 9.20. The lowest BCUT2D eigenvalue weighted by atomic mass is 9.85. The molecule has 0 saturated heterocycles. The van der Waals surface area contributed by atoms with Crippen LogP contribution in [0.1, 0.15) is 41.6 Å². The summed E-state index contributed by atoms with van der Waals surface area (Å²) in [5, 5.41) is 2.06. The van der Waals surface area contributed by atoms with Crippen LogP contribution in [0.5, 0.6) is 0 Å². The fourth-order valence-corrected chi connectivity index (χ4v) is 3.29. The van der Waals surface area contributed by atoms with E-state index in [9.17, 15) is 4.79 Å². The monoisotopic (exact) mass is 256 g/mol. The molecule has 1 rings (SSSR count). The maximum atomic E-state index is 11.0. The summed E-state index contributed by atoms with van der Waals surface area (Å²) in [5.41, 5.74) is 2.34.